The average molecular weight is 490 g/mol. The van der Waals surface area contributed by atoms with Crippen LogP contribution in [0.25, 0.3) is 22.6 Å². The summed E-state index contributed by atoms with van der Waals surface area (Å²) >= 11 is 0. The number of hydrogen-bond donors (Lipinski definition) is 0. The van der Waals surface area contributed by atoms with Gasteiger partial charge in [-0.25, -0.2) is 19.3 Å². The fourth-order valence-electron chi connectivity index (χ4n) is 5.20. The summed E-state index contributed by atoms with van der Waals surface area (Å²) < 4.78 is 28.8. The quantitative estimate of drug-likeness (QED) is 0.406. The van der Waals surface area contributed by atoms with E-state index in [1.54, 1.807) is 18.5 Å². The molecule has 1 aromatic carbocycles. The lowest BCUT2D eigenvalue weighted by Crippen LogP contribution is -2.52. The molecule has 3 aliphatic rings. The van der Waals surface area contributed by atoms with E-state index in [1.165, 1.54) is 13.2 Å². The number of ether oxygens (including phenoxy) is 2. The van der Waals surface area contributed by atoms with Crippen LogP contribution < -0.4 is 9.47 Å². The smallest absolute Gasteiger partial charge is 0.318 e. The lowest BCUT2D eigenvalue weighted by molar-refractivity contribution is -0.00789. The minimum Gasteiger partial charge on any atom is -0.489 e. The van der Waals surface area contributed by atoms with Gasteiger partial charge in [-0.05, 0) is 51.8 Å². The Morgan fingerprint density at radius 2 is 1.83 bits per heavy atom. The molecule has 3 aromatic heterocycles. The highest BCUT2D eigenvalue weighted by molar-refractivity contribution is 5.79. The Bertz CT molecular complexity index is 1410. The maximum absolute atomic E-state index is 15.4. The molecule has 2 bridgehead atoms. The van der Waals surface area contributed by atoms with Gasteiger partial charge in [-0.1, -0.05) is 6.07 Å². The molecule has 6 heterocycles. The van der Waals surface area contributed by atoms with E-state index < -0.39 is 0 Å². The molecular weight excluding hydrogens is 461 g/mol. The largest absolute Gasteiger partial charge is 0.489 e. The highest BCUT2D eigenvalue weighted by Crippen LogP contribution is 2.32. The fourth-order valence-corrected chi connectivity index (χ4v) is 5.20. The zero-order chi connectivity index (χ0) is 24.8. The highest BCUT2D eigenvalue weighted by atomic mass is 19.1. The Labute approximate surface area is 208 Å². The van der Waals surface area contributed by atoms with E-state index >= 15 is 4.39 Å². The van der Waals surface area contributed by atoms with Crippen LogP contribution in [0.4, 0.5) is 4.39 Å². The van der Waals surface area contributed by atoms with E-state index in [2.05, 4.69) is 24.8 Å². The summed E-state index contributed by atoms with van der Waals surface area (Å²) in [5.41, 5.74) is 3.06. The van der Waals surface area contributed by atoms with Crippen LogP contribution in [0.15, 0.2) is 30.6 Å². The van der Waals surface area contributed by atoms with Crippen LogP contribution in [-0.4, -0.2) is 67.2 Å². The normalized spacial score (nSPS) is 21.2. The SMILES string of the molecule is COc1nc(C)c2nc(-c3cnc(C)nc3)n(Cc3ccc(OC4CN5CCC4CC5)cc3F)c2n1. The van der Waals surface area contributed by atoms with Crippen molar-refractivity contribution in [2.24, 2.45) is 5.92 Å². The predicted octanol–water partition coefficient (Wildman–Crippen LogP) is 3.57. The Morgan fingerprint density at radius 3 is 2.50 bits per heavy atom. The van der Waals surface area contributed by atoms with Crippen LogP contribution in [0.3, 0.4) is 0 Å². The molecule has 0 spiro atoms. The number of rotatable bonds is 6. The summed E-state index contributed by atoms with van der Waals surface area (Å²) in [5, 5.41) is 0. The Morgan fingerprint density at radius 1 is 1.06 bits per heavy atom. The number of benzene rings is 1. The van der Waals surface area contributed by atoms with E-state index in [9.17, 15) is 0 Å². The summed E-state index contributed by atoms with van der Waals surface area (Å²) in [6, 6.07) is 5.35. The van der Waals surface area contributed by atoms with Gasteiger partial charge in [0.2, 0.25) is 0 Å². The van der Waals surface area contributed by atoms with E-state index in [1.807, 2.05) is 24.5 Å². The van der Waals surface area contributed by atoms with Crippen LogP contribution in [-0.2, 0) is 6.54 Å². The number of aryl methyl sites for hydroxylation is 2. The number of halogens is 1. The zero-order valence-electron chi connectivity index (χ0n) is 20.6. The molecule has 1 unspecified atom stereocenters. The van der Waals surface area contributed by atoms with Crippen molar-refractivity contribution in [2.45, 2.75) is 39.3 Å². The summed E-state index contributed by atoms with van der Waals surface area (Å²) in [4.78, 5) is 24.7. The first-order chi connectivity index (χ1) is 17.5. The lowest BCUT2D eigenvalue weighted by Gasteiger charge is -2.44. The Balaban J connectivity index is 1.35. The molecule has 7 rings (SSSR count). The number of hydrogen-bond acceptors (Lipinski definition) is 8. The Kier molecular flexibility index (Phi) is 5.75. The van der Waals surface area contributed by atoms with Crippen LogP contribution in [0.1, 0.15) is 29.9 Å². The van der Waals surface area contributed by atoms with E-state index in [4.69, 9.17) is 14.5 Å². The van der Waals surface area contributed by atoms with Crippen LogP contribution in [0.2, 0.25) is 0 Å². The number of piperidine rings is 3. The summed E-state index contributed by atoms with van der Waals surface area (Å²) in [7, 11) is 1.52. The molecule has 0 radical (unpaired) electrons. The van der Waals surface area contributed by atoms with Gasteiger partial charge in [-0.3, -0.25) is 4.90 Å². The molecule has 0 amide bonds. The molecule has 0 saturated carbocycles. The monoisotopic (exact) mass is 489 g/mol. The standard InChI is InChI=1S/C26H28FN7O2/c1-15-23-25(32-26(30-15)35-3)34(24(31-23)19-11-28-16(2)29-12-19)13-18-4-5-20(10-21(18)27)36-22-14-33-8-6-17(22)7-9-33/h4-5,10-12,17,22H,6-9,13-14H2,1-3H3. The lowest BCUT2D eigenvalue weighted by atomic mass is 9.86. The zero-order valence-corrected chi connectivity index (χ0v) is 20.6. The first-order valence-corrected chi connectivity index (χ1v) is 12.2. The molecule has 0 aliphatic carbocycles. The second-order valence-corrected chi connectivity index (χ2v) is 9.56. The average Bonchev–Trinajstić information content (AvgIpc) is 3.25. The maximum atomic E-state index is 15.4. The van der Waals surface area contributed by atoms with Crippen LogP contribution in [0.5, 0.6) is 11.8 Å². The second kappa shape index (κ2) is 9.09. The first kappa shape index (κ1) is 22.8. The molecular formula is C26H28FN7O2. The maximum Gasteiger partial charge on any atom is 0.318 e. The number of methoxy groups -OCH3 is 1. The van der Waals surface area contributed by atoms with E-state index in [-0.39, 0.29) is 24.5 Å². The predicted molar refractivity (Wildman–Crippen MR) is 131 cm³/mol. The van der Waals surface area contributed by atoms with Crippen molar-refractivity contribution in [1.29, 1.82) is 0 Å². The number of fused-ring (bicyclic) bond motifs is 4. The van der Waals surface area contributed by atoms with Crippen molar-refractivity contribution < 1.29 is 13.9 Å². The van der Waals surface area contributed by atoms with E-state index in [0.29, 0.717) is 51.3 Å². The minimum absolute atomic E-state index is 0.121. The number of aromatic nitrogens is 6. The fraction of sp³-hybridized carbons (Fsp3) is 0.423. The summed E-state index contributed by atoms with van der Waals surface area (Å²) in [5.74, 6) is 2.02. The molecule has 1 atom stereocenters. The van der Waals surface area contributed by atoms with Crippen molar-refractivity contribution in [3.63, 3.8) is 0 Å². The molecule has 186 valence electrons. The third-order valence-corrected chi connectivity index (χ3v) is 7.21. The second-order valence-electron chi connectivity index (χ2n) is 9.56. The molecule has 10 heteroatoms. The van der Waals surface area contributed by atoms with E-state index in [0.717, 1.165) is 32.5 Å². The first-order valence-electron chi connectivity index (χ1n) is 12.2. The van der Waals surface area contributed by atoms with Gasteiger partial charge in [0.05, 0.1) is 24.9 Å². The van der Waals surface area contributed by atoms with Gasteiger partial charge in [0.25, 0.3) is 0 Å². The van der Waals surface area contributed by atoms with Crippen LogP contribution in [0, 0.1) is 25.6 Å². The summed E-state index contributed by atoms with van der Waals surface area (Å²) in [6.45, 7) is 7.07. The number of nitrogens with zero attached hydrogens (tertiary/aromatic N) is 7. The van der Waals surface area contributed by atoms with Gasteiger partial charge in [-0.2, -0.15) is 9.97 Å². The Hall–Kier alpha value is -3.66. The third-order valence-electron chi connectivity index (χ3n) is 7.21. The molecule has 4 aromatic rings. The topological polar surface area (TPSA) is 91.1 Å². The van der Waals surface area contributed by atoms with Crippen molar-refractivity contribution >= 4 is 11.2 Å². The molecule has 9 nitrogen and oxygen atoms in total. The third kappa shape index (κ3) is 4.15. The summed E-state index contributed by atoms with van der Waals surface area (Å²) in [6.07, 6.45) is 5.84. The van der Waals surface area contributed by atoms with Gasteiger partial charge >= 0.3 is 6.01 Å². The molecule has 36 heavy (non-hydrogen) atoms. The van der Waals surface area contributed by atoms with Gasteiger partial charge in [0.1, 0.15) is 34.8 Å². The molecule has 0 N–H and O–H groups in total. The number of imidazole rings is 1. The van der Waals surface area contributed by atoms with Crippen molar-refractivity contribution in [3.05, 3.63) is 53.5 Å². The van der Waals surface area contributed by atoms with Crippen molar-refractivity contribution in [1.82, 2.24) is 34.4 Å². The van der Waals surface area contributed by atoms with Gasteiger partial charge < -0.3 is 14.0 Å². The van der Waals surface area contributed by atoms with Crippen molar-refractivity contribution in [2.75, 3.05) is 26.7 Å². The van der Waals surface area contributed by atoms with Gasteiger partial charge in [0.15, 0.2) is 5.65 Å². The molecule has 3 aliphatic heterocycles. The molecule has 3 saturated heterocycles. The molecule has 3 fully saturated rings. The van der Waals surface area contributed by atoms with Gasteiger partial charge in [0, 0.05) is 30.6 Å². The van der Waals surface area contributed by atoms with Gasteiger partial charge in [-0.15, -0.1) is 0 Å². The highest BCUT2D eigenvalue weighted by Gasteiger charge is 2.35. The minimum atomic E-state index is -0.334. The van der Waals surface area contributed by atoms with Crippen LogP contribution >= 0.6 is 0 Å². The van der Waals surface area contributed by atoms with Crippen molar-refractivity contribution in [3.8, 4) is 23.1 Å².